The molecule has 8 nitrogen and oxygen atoms in total. The fraction of sp³-hybridized carbons (Fsp3) is 0.192. The number of nitrogens with zero attached hydrogens (tertiary/aromatic N) is 2. The molecule has 4 aromatic rings. The van der Waals surface area contributed by atoms with Gasteiger partial charge < -0.3 is 13.9 Å². The van der Waals surface area contributed by atoms with Crippen molar-refractivity contribution in [2.45, 2.75) is 30.6 Å². The quantitative estimate of drug-likeness (QED) is 0.269. The Morgan fingerprint density at radius 1 is 1.00 bits per heavy atom. The highest BCUT2D eigenvalue weighted by Gasteiger charge is 2.17. The molecule has 0 saturated heterocycles. The van der Waals surface area contributed by atoms with E-state index in [9.17, 15) is 9.59 Å². The Morgan fingerprint density at radius 2 is 1.74 bits per heavy atom. The third-order valence-corrected chi connectivity index (χ3v) is 6.14. The van der Waals surface area contributed by atoms with Gasteiger partial charge in [0.15, 0.2) is 6.10 Å². The van der Waals surface area contributed by atoms with Gasteiger partial charge in [-0.3, -0.25) is 20.4 Å². The fourth-order valence-electron chi connectivity index (χ4n) is 3.31. The first-order valence-corrected chi connectivity index (χ1v) is 12.2. The number of imidazole rings is 1. The van der Waals surface area contributed by atoms with Crippen LogP contribution in [0.2, 0.25) is 0 Å². The third-order valence-electron chi connectivity index (χ3n) is 5.04. The van der Waals surface area contributed by atoms with Crippen molar-refractivity contribution < 1.29 is 19.1 Å². The van der Waals surface area contributed by atoms with Gasteiger partial charge in [-0.05, 0) is 62.4 Å². The number of hydrazine groups is 1. The zero-order valence-corrected chi connectivity index (χ0v) is 20.2. The van der Waals surface area contributed by atoms with E-state index in [0.29, 0.717) is 23.7 Å². The lowest BCUT2D eigenvalue weighted by Gasteiger charge is -2.16. The zero-order valence-electron chi connectivity index (χ0n) is 19.4. The molecule has 180 valence electrons. The normalized spacial score (nSPS) is 11.6. The minimum absolute atomic E-state index is 0.412. The topological polar surface area (TPSA) is 94.0 Å². The average molecular weight is 491 g/mol. The number of hydrogen-bond acceptors (Lipinski definition) is 6. The second-order valence-corrected chi connectivity index (χ2v) is 8.61. The first-order chi connectivity index (χ1) is 17.0. The Hall–Kier alpha value is -3.98. The summed E-state index contributed by atoms with van der Waals surface area (Å²) < 4.78 is 13.0. The number of rotatable bonds is 9. The van der Waals surface area contributed by atoms with Gasteiger partial charge in [0, 0.05) is 23.0 Å². The Balaban J connectivity index is 1.31. The van der Waals surface area contributed by atoms with Crippen LogP contribution in [-0.4, -0.2) is 33.9 Å². The van der Waals surface area contributed by atoms with Gasteiger partial charge in [-0.1, -0.05) is 18.2 Å². The molecular formula is C26H26N4O4S. The number of fused-ring (bicyclic) bond motifs is 1. The molecule has 0 aliphatic carbocycles. The molecule has 2 aromatic carbocycles. The Kier molecular flexibility index (Phi) is 7.89. The number of benzene rings is 2. The Labute approximate surface area is 207 Å². The molecule has 2 heterocycles. The van der Waals surface area contributed by atoms with Gasteiger partial charge in [0.2, 0.25) is 0 Å². The number of thioether (sulfide) groups is 1. The fourth-order valence-corrected chi connectivity index (χ4v) is 4.25. The summed E-state index contributed by atoms with van der Waals surface area (Å²) in [6, 6.07) is 20.1. The van der Waals surface area contributed by atoms with Crippen LogP contribution in [-0.2, 0) is 10.5 Å². The summed E-state index contributed by atoms with van der Waals surface area (Å²) in [7, 11) is 0. The zero-order chi connectivity index (χ0) is 24.6. The molecule has 2 N–H and O–H groups in total. The molecule has 0 bridgehead atoms. The van der Waals surface area contributed by atoms with E-state index in [1.807, 2.05) is 54.0 Å². The van der Waals surface area contributed by atoms with Crippen LogP contribution >= 0.6 is 11.8 Å². The van der Waals surface area contributed by atoms with E-state index >= 15 is 0 Å². The van der Waals surface area contributed by atoms with Crippen LogP contribution in [0.25, 0.3) is 5.65 Å². The molecule has 1 unspecified atom stereocenters. The second kappa shape index (κ2) is 11.4. The number of amides is 2. The van der Waals surface area contributed by atoms with E-state index in [1.54, 1.807) is 43.3 Å². The monoisotopic (exact) mass is 490 g/mol. The van der Waals surface area contributed by atoms with Gasteiger partial charge in [0.1, 0.15) is 17.1 Å². The molecule has 0 saturated carbocycles. The number of carbonyl (C=O) groups is 2. The first kappa shape index (κ1) is 24.2. The SMILES string of the molecule is CCOc1ccc(OC(C)C(=O)NNC(=O)c2ccccc2SCc2cn3ccccc3n2)cc1. The van der Waals surface area contributed by atoms with Crippen molar-refractivity contribution in [1.29, 1.82) is 0 Å². The summed E-state index contributed by atoms with van der Waals surface area (Å²) in [6.45, 7) is 4.08. The molecule has 9 heteroatoms. The van der Waals surface area contributed by atoms with Crippen LogP contribution in [0.1, 0.15) is 29.9 Å². The predicted molar refractivity (Wildman–Crippen MR) is 135 cm³/mol. The molecule has 0 aliphatic heterocycles. The van der Waals surface area contributed by atoms with Crippen LogP contribution in [0.4, 0.5) is 0 Å². The molecule has 2 aromatic heterocycles. The molecular weight excluding hydrogens is 464 g/mol. The number of aromatic nitrogens is 2. The lowest BCUT2D eigenvalue weighted by Crippen LogP contribution is -2.47. The molecule has 35 heavy (non-hydrogen) atoms. The number of nitrogens with one attached hydrogen (secondary N) is 2. The van der Waals surface area contributed by atoms with Crippen molar-refractivity contribution in [3.8, 4) is 11.5 Å². The lowest BCUT2D eigenvalue weighted by atomic mass is 10.2. The maximum atomic E-state index is 12.8. The van der Waals surface area contributed by atoms with Gasteiger partial charge >= 0.3 is 0 Å². The summed E-state index contributed by atoms with van der Waals surface area (Å²) in [4.78, 5) is 30.6. The summed E-state index contributed by atoms with van der Waals surface area (Å²) in [5, 5.41) is 0. The lowest BCUT2D eigenvalue weighted by molar-refractivity contribution is -0.128. The van der Waals surface area contributed by atoms with E-state index in [-0.39, 0.29) is 0 Å². The van der Waals surface area contributed by atoms with E-state index in [0.717, 1.165) is 22.0 Å². The van der Waals surface area contributed by atoms with Gasteiger partial charge in [-0.2, -0.15) is 0 Å². The molecule has 0 radical (unpaired) electrons. The number of pyridine rings is 1. The van der Waals surface area contributed by atoms with Crippen LogP contribution in [0.15, 0.2) is 84.0 Å². The first-order valence-electron chi connectivity index (χ1n) is 11.2. The minimum Gasteiger partial charge on any atom is -0.494 e. The maximum Gasteiger partial charge on any atom is 0.279 e. The smallest absolute Gasteiger partial charge is 0.279 e. The highest BCUT2D eigenvalue weighted by molar-refractivity contribution is 7.98. The second-order valence-electron chi connectivity index (χ2n) is 7.59. The number of hydrogen-bond donors (Lipinski definition) is 2. The number of carbonyl (C=O) groups excluding carboxylic acids is 2. The molecule has 4 rings (SSSR count). The molecule has 0 spiro atoms. The van der Waals surface area contributed by atoms with E-state index in [1.165, 1.54) is 11.8 Å². The maximum absolute atomic E-state index is 12.8. The van der Waals surface area contributed by atoms with E-state index in [4.69, 9.17) is 9.47 Å². The molecule has 1 atom stereocenters. The van der Waals surface area contributed by atoms with Crippen LogP contribution in [0.5, 0.6) is 11.5 Å². The largest absolute Gasteiger partial charge is 0.494 e. The van der Waals surface area contributed by atoms with Crippen LogP contribution < -0.4 is 20.3 Å². The van der Waals surface area contributed by atoms with Crippen molar-refractivity contribution in [1.82, 2.24) is 20.2 Å². The van der Waals surface area contributed by atoms with Crippen molar-refractivity contribution in [3.05, 3.63) is 90.4 Å². The van der Waals surface area contributed by atoms with Crippen molar-refractivity contribution in [2.24, 2.45) is 0 Å². The van der Waals surface area contributed by atoms with Crippen LogP contribution in [0.3, 0.4) is 0 Å². The molecule has 0 fully saturated rings. The number of ether oxygens (including phenoxy) is 2. The summed E-state index contributed by atoms with van der Waals surface area (Å²) in [5.74, 6) is 0.968. The van der Waals surface area contributed by atoms with Crippen LogP contribution in [0, 0.1) is 0 Å². The predicted octanol–water partition coefficient (Wildman–Crippen LogP) is 4.25. The van der Waals surface area contributed by atoms with Crippen molar-refractivity contribution in [2.75, 3.05) is 6.61 Å². The molecule has 2 amide bonds. The Bertz CT molecular complexity index is 1270. The summed E-state index contributed by atoms with van der Waals surface area (Å²) in [6.07, 6.45) is 3.10. The van der Waals surface area contributed by atoms with Gasteiger partial charge in [-0.15, -0.1) is 11.8 Å². The van der Waals surface area contributed by atoms with E-state index < -0.39 is 17.9 Å². The Morgan fingerprint density at radius 3 is 2.51 bits per heavy atom. The van der Waals surface area contributed by atoms with E-state index in [2.05, 4.69) is 15.8 Å². The van der Waals surface area contributed by atoms with Gasteiger partial charge in [-0.25, -0.2) is 4.98 Å². The third kappa shape index (κ3) is 6.33. The highest BCUT2D eigenvalue weighted by atomic mass is 32.2. The average Bonchev–Trinajstić information content (AvgIpc) is 3.30. The van der Waals surface area contributed by atoms with Crippen molar-refractivity contribution >= 4 is 29.2 Å². The standard InChI is InChI=1S/C26H26N4O4S/c1-3-33-20-11-13-21(14-12-20)34-18(2)25(31)28-29-26(32)22-8-4-5-9-23(22)35-17-19-16-30-15-7-6-10-24(30)27-19/h4-16,18H,3,17H2,1-2H3,(H,28,31)(H,29,32). The highest BCUT2D eigenvalue weighted by Crippen LogP contribution is 2.26. The van der Waals surface area contributed by atoms with Gasteiger partial charge in [0.05, 0.1) is 17.9 Å². The summed E-state index contributed by atoms with van der Waals surface area (Å²) in [5.41, 5.74) is 7.16. The van der Waals surface area contributed by atoms with Gasteiger partial charge in [0.25, 0.3) is 11.8 Å². The summed E-state index contributed by atoms with van der Waals surface area (Å²) >= 11 is 1.51. The minimum atomic E-state index is -0.812. The van der Waals surface area contributed by atoms with Crippen molar-refractivity contribution in [3.63, 3.8) is 0 Å². The molecule has 0 aliphatic rings.